The highest BCUT2D eigenvalue weighted by Crippen LogP contribution is 2.41. The second-order valence-corrected chi connectivity index (χ2v) is 6.71. The number of methoxy groups -OCH3 is 1. The van der Waals surface area contributed by atoms with Gasteiger partial charge >= 0.3 is 0 Å². The van der Waals surface area contributed by atoms with Gasteiger partial charge in [0.15, 0.2) is 5.82 Å². The first-order valence-corrected chi connectivity index (χ1v) is 8.46. The van der Waals surface area contributed by atoms with E-state index < -0.39 is 0 Å². The van der Waals surface area contributed by atoms with Crippen molar-refractivity contribution < 1.29 is 4.74 Å². The summed E-state index contributed by atoms with van der Waals surface area (Å²) in [7, 11) is 1.74. The Bertz CT molecular complexity index is 642. The molecule has 0 saturated heterocycles. The molecule has 3 rings (SSSR count). The molecule has 5 heteroatoms. The highest BCUT2D eigenvalue weighted by Gasteiger charge is 2.39. The van der Waals surface area contributed by atoms with Gasteiger partial charge in [0.25, 0.3) is 0 Å². The first-order valence-electron chi connectivity index (χ1n) is 7.00. The predicted octanol–water partition coefficient (Wildman–Crippen LogP) is 4.82. The Morgan fingerprint density at radius 1 is 1.14 bits per heavy atom. The minimum atomic E-state index is -0.377. The fourth-order valence-electron chi connectivity index (χ4n) is 2.88. The van der Waals surface area contributed by atoms with Crippen LogP contribution in [0.1, 0.15) is 31.5 Å². The number of nitrogens with zero attached hydrogens (tertiary/aromatic N) is 2. The van der Waals surface area contributed by atoms with E-state index in [0.717, 1.165) is 40.5 Å². The van der Waals surface area contributed by atoms with Crippen LogP contribution in [0.15, 0.2) is 30.3 Å². The van der Waals surface area contributed by atoms with Crippen molar-refractivity contribution in [2.75, 3.05) is 7.11 Å². The van der Waals surface area contributed by atoms with Gasteiger partial charge in [-0.05, 0) is 48.3 Å². The molecule has 0 atom stereocenters. The Morgan fingerprint density at radius 3 is 2.43 bits per heavy atom. The number of benzene rings is 1. The van der Waals surface area contributed by atoms with Gasteiger partial charge < -0.3 is 4.74 Å². The van der Waals surface area contributed by atoms with E-state index >= 15 is 0 Å². The normalized spacial score (nSPS) is 17.1. The number of hydrogen-bond acceptors (Lipinski definition) is 3. The molecule has 1 fully saturated rings. The van der Waals surface area contributed by atoms with Gasteiger partial charge in [-0.1, -0.05) is 41.9 Å². The average Bonchev–Trinajstić information content (AvgIpc) is 3.01. The summed E-state index contributed by atoms with van der Waals surface area (Å²) < 4.78 is 6.67. The van der Waals surface area contributed by atoms with Gasteiger partial charge in [-0.15, -0.1) is 0 Å². The van der Waals surface area contributed by atoms with Crippen molar-refractivity contribution in [2.45, 2.75) is 31.3 Å². The molecule has 110 valence electrons. The number of rotatable bonds is 3. The largest absolute Gasteiger partial charge is 0.370 e. The average molecular weight is 415 g/mol. The zero-order chi connectivity index (χ0) is 14.9. The summed E-state index contributed by atoms with van der Waals surface area (Å²) in [5.41, 5.74) is 1.56. The lowest BCUT2D eigenvalue weighted by Crippen LogP contribution is -2.28. The minimum Gasteiger partial charge on any atom is -0.370 e. The van der Waals surface area contributed by atoms with E-state index in [4.69, 9.17) is 21.3 Å². The smallest absolute Gasteiger partial charge is 0.162 e. The SMILES string of the molecule is COC1(c2nc(Cl)c(I)c(-c3ccccc3)n2)CCCC1. The van der Waals surface area contributed by atoms with Gasteiger partial charge in [-0.25, -0.2) is 9.97 Å². The monoisotopic (exact) mass is 414 g/mol. The van der Waals surface area contributed by atoms with Crippen molar-refractivity contribution in [3.8, 4) is 11.3 Å². The van der Waals surface area contributed by atoms with Crippen LogP contribution < -0.4 is 0 Å². The third-order valence-electron chi connectivity index (χ3n) is 4.07. The maximum Gasteiger partial charge on any atom is 0.162 e. The molecule has 0 unspecified atom stereocenters. The highest BCUT2D eigenvalue weighted by molar-refractivity contribution is 14.1. The van der Waals surface area contributed by atoms with E-state index in [1.54, 1.807) is 7.11 Å². The van der Waals surface area contributed by atoms with Crippen LogP contribution >= 0.6 is 34.2 Å². The molecule has 1 aromatic carbocycles. The van der Waals surface area contributed by atoms with Crippen LogP contribution in [0.2, 0.25) is 5.15 Å². The van der Waals surface area contributed by atoms with E-state index in [0.29, 0.717) is 11.0 Å². The summed E-state index contributed by atoms with van der Waals surface area (Å²) in [5, 5.41) is 0.503. The number of hydrogen-bond donors (Lipinski definition) is 0. The lowest BCUT2D eigenvalue weighted by molar-refractivity contribution is -0.0162. The van der Waals surface area contributed by atoms with Crippen LogP contribution in [0.3, 0.4) is 0 Å². The second kappa shape index (κ2) is 6.18. The van der Waals surface area contributed by atoms with Crippen molar-refractivity contribution in [1.82, 2.24) is 9.97 Å². The molecule has 0 N–H and O–H groups in total. The summed E-state index contributed by atoms with van der Waals surface area (Å²) in [5.74, 6) is 0.715. The molecule has 2 aromatic rings. The van der Waals surface area contributed by atoms with E-state index in [1.807, 2.05) is 30.3 Å². The summed E-state index contributed by atoms with van der Waals surface area (Å²) in [6, 6.07) is 10.1. The molecule has 0 spiro atoms. The Balaban J connectivity index is 2.14. The highest BCUT2D eigenvalue weighted by atomic mass is 127. The molecular weight excluding hydrogens is 399 g/mol. The number of aromatic nitrogens is 2. The fraction of sp³-hybridized carbons (Fsp3) is 0.375. The van der Waals surface area contributed by atoms with Crippen LogP contribution in [-0.4, -0.2) is 17.1 Å². The standard InChI is InChI=1S/C16H16ClIN2O/c1-21-16(9-5-6-10-16)15-19-13(12(18)14(17)20-15)11-7-3-2-4-8-11/h2-4,7-8H,5-6,9-10H2,1H3. The quantitative estimate of drug-likeness (QED) is 0.534. The topological polar surface area (TPSA) is 35.0 Å². The molecule has 1 heterocycles. The zero-order valence-corrected chi connectivity index (χ0v) is 14.7. The van der Waals surface area contributed by atoms with Crippen LogP contribution in [0.25, 0.3) is 11.3 Å². The molecule has 0 aliphatic heterocycles. The molecule has 3 nitrogen and oxygen atoms in total. The Morgan fingerprint density at radius 2 is 1.81 bits per heavy atom. The maximum absolute atomic E-state index is 6.35. The maximum atomic E-state index is 6.35. The fourth-order valence-corrected chi connectivity index (χ4v) is 3.60. The van der Waals surface area contributed by atoms with Gasteiger partial charge in [0.2, 0.25) is 0 Å². The molecule has 1 aromatic heterocycles. The van der Waals surface area contributed by atoms with Crippen molar-refractivity contribution >= 4 is 34.2 Å². The Kier molecular flexibility index (Phi) is 4.47. The molecular formula is C16H16ClIN2O. The Hall–Kier alpha value is -0.720. The molecule has 1 aliphatic carbocycles. The Labute approximate surface area is 143 Å². The molecule has 1 saturated carbocycles. The summed E-state index contributed by atoms with van der Waals surface area (Å²) in [6.07, 6.45) is 4.19. The molecule has 1 aliphatic rings. The van der Waals surface area contributed by atoms with Crippen LogP contribution in [-0.2, 0) is 10.3 Å². The third-order valence-corrected chi connectivity index (χ3v) is 5.68. The second-order valence-electron chi connectivity index (χ2n) is 5.27. The van der Waals surface area contributed by atoms with Gasteiger partial charge in [-0.2, -0.15) is 0 Å². The van der Waals surface area contributed by atoms with Crippen LogP contribution in [0.5, 0.6) is 0 Å². The predicted molar refractivity (Wildman–Crippen MR) is 92.4 cm³/mol. The molecule has 0 radical (unpaired) electrons. The minimum absolute atomic E-state index is 0.377. The molecule has 21 heavy (non-hydrogen) atoms. The summed E-state index contributed by atoms with van der Waals surface area (Å²) >= 11 is 8.56. The zero-order valence-electron chi connectivity index (χ0n) is 11.8. The van der Waals surface area contributed by atoms with E-state index in [9.17, 15) is 0 Å². The van der Waals surface area contributed by atoms with E-state index in [1.165, 1.54) is 0 Å². The first kappa shape index (κ1) is 15.2. The third kappa shape index (κ3) is 2.81. The van der Waals surface area contributed by atoms with Gasteiger partial charge in [0, 0.05) is 12.7 Å². The lowest BCUT2D eigenvalue weighted by Gasteiger charge is -2.26. The van der Waals surface area contributed by atoms with Gasteiger partial charge in [0.1, 0.15) is 10.8 Å². The summed E-state index contributed by atoms with van der Waals surface area (Å²) in [6.45, 7) is 0. The van der Waals surface area contributed by atoms with Crippen molar-refractivity contribution in [2.24, 2.45) is 0 Å². The van der Waals surface area contributed by atoms with Crippen molar-refractivity contribution in [1.29, 1.82) is 0 Å². The van der Waals surface area contributed by atoms with E-state index in [-0.39, 0.29) is 5.60 Å². The molecule has 0 bridgehead atoms. The summed E-state index contributed by atoms with van der Waals surface area (Å²) in [4.78, 5) is 9.31. The van der Waals surface area contributed by atoms with E-state index in [2.05, 4.69) is 27.6 Å². The first-order chi connectivity index (χ1) is 10.2. The van der Waals surface area contributed by atoms with Crippen LogP contribution in [0, 0.1) is 3.57 Å². The van der Waals surface area contributed by atoms with Crippen molar-refractivity contribution in [3.05, 3.63) is 44.9 Å². The lowest BCUT2D eigenvalue weighted by atomic mass is 10.0. The molecule has 0 amide bonds. The van der Waals surface area contributed by atoms with Gasteiger partial charge in [-0.3, -0.25) is 0 Å². The van der Waals surface area contributed by atoms with Crippen LogP contribution in [0.4, 0.5) is 0 Å². The van der Waals surface area contributed by atoms with Gasteiger partial charge in [0.05, 0.1) is 9.26 Å². The number of halogens is 2. The number of ether oxygens (including phenoxy) is 1. The van der Waals surface area contributed by atoms with Crippen molar-refractivity contribution in [3.63, 3.8) is 0 Å².